The second kappa shape index (κ2) is 11.1. The summed E-state index contributed by atoms with van der Waals surface area (Å²) in [7, 11) is 1.71. The van der Waals surface area contributed by atoms with E-state index in [1.54, 1.807) is 13.3 Å². The summed E-state index contributed by atoms with van der Waals surface area (Å²) in [5, 5.41) is 6.58. The van der Waals surface area contributed by atoms with Gasteiger partial charge in [-0.15, -0.1) is 0 Å². The van der Waals surface area contributed by atoms with E-state index in [9.17, 15) is 4.79 Å². The average Bonchev–Trinajstić information content (AvgIpc) is 2.70. The molecule has 0 fully saturated rings. The summed E-state index contributed by atoms with van der Waals surface area (Å²) < 4.78 is 10.9. The molecule has 1 aromatic heterocycles. The van der Waals surface area contributed by atoms with Crippen molar-refractivity contribution in [1.29, 1.82) is 0 Å². The number of hydrogen-bond acceptors (Lipinski definition) is 5. The van der Waals surface area contributed by atoms with Crippen LogP contribution < -0.4 is 10.6 Å². The maximum atomic E-state index is 12.2. The quantitative estimate of drug-likeness (QED) is 0.618. The van der Waals surface area contributed by atoms with Crippen molar-refractivity contribution in [1.82, 2.24) is 15.6 Å². The summed E-state index contributed by atoms with van der Waals surface area (Å²) in [5.74, 6) is 0.154. The van der Waals surface area contributed by atoms with E-state index in [2.05, 4.69) is 40.7 Å². The third-order valence-electron chi connectivity index (χ3n) is 4.81. The molecule has 0 bridgehead atoms. The fraction of sp³-hybridized carbons (Fsp3) is 0.500. The van der Waals surface area contributed by atoms with Gasteiger partial charge in [0, 0.05) is 32.6 Å². The molecule has 164 valence electrons. The summed E-state index contributed by atoms with van der Waals surface area (Å²) in [5.41, 5.74) is 1.43. The first-order valence-corrected chi connectivity index (χ1v) is 10.4. The maximum Gasteiger partial charge on any atom is 0.407 e. The van der Waals surface area contributed by atoms with Crippen molar-refractivity contribution in [3.05, 3.63) is 66.0 Å². The minimum absolute atomic E-state index is 0.154. The van der Waals surface area contributed by atoms with Crippen molar-refractivity contribution in [3.8, 4) is 0 Å². The van der Waals surface area contributed by atoms with Gasteiger partial charge in [-0.25, -0.2) is 4.79 Å². The Hall–Kier alpha value is -2.44. The normalized spacial score (nSPS) is 14.6. The molecule has 0 aliphatic carbocycles. The summed E-state index contributed by atoms with van der Waals surface area (Å²) >= 11 is 0. The van der Waals surface area contributed by atoms with E-state index < -0.39 is 11.7 Å². The van der Waals surface area contributed by atoms with Crippen LogP contribution in [0.1, 0.15) is 38.8 Å². The van der Waals surface area contributed by atoms with Crippen LogP contribution in [-0.2, 0) is 21.4 Å². The monoisotopic (exact) mass is 413 g/mol. The summed E-state index contributed by atoms with van der Waals surface area (Å²) in [4.78, 5) is 16.4. The number of benzene rings is 1. The highest BCUT2D eigenvalue weighted by Gasteiger charge is 2.27. The standard InChI is InChI=1S/C24H35N3O3/c1-23(2,3)30-22(28)26-16-20(14-19-10-9-13-25-15-19)17-27-24(4,18-29-5)21-11-7-6-8-12-21/h6-13,15,20,27H,14,16-18H2,1-5H3,(H,26,28)/t20-,24+/m1/s1. The van der Waals surface area contributed by atoms with Gasteiger partial charge < -0.3 is 20.1 Å². The van der Waals surface area contributed by atoms with Gasteiger partial charge in [-0.05, 0) is 57.2 Å². The van der Waals surface area contributed by atoms with E-state index in [-0.39, 0.29) is 11.5 Å². The molecule has 0 saturated carbocycles. The lowest BCUT2D eigenvalue weighted by molar-refractivity contribution is 0.0517. The summed E-state index contributed by atoms with van der Waals surface area (Å²) in [6.45, 7) is 9.43. The molecule has 2 aromatic rings. The Morgan fingerprint density at radius 3 is 2.40 bits per heavy atom. The number of pyridine rings is 1. The van der Waals surface area contributed by atoms with Gasteiger partial charge in [0.25, 0.3) is 0 Å². The van der Waals surface area contributed by atoms with Crippen molar-refractivity contribution in [2.45, 2.75) is 45.3 Å². The zero-order valence-electron chi connectivity index (χ0n) is 18.8. The molecule has 2 N–H and O–H groups in total. The highest BCUT2D eigenvalue weighted by Crippen LogP contribution is 2.21. The molecule has 0 aliphatic rings. The number of aromatic nitrogens is 1. The van der Waals surface area contributed by atoms with Crippen molar-refractivity contribution >= 4 is 6.09 Å². The van der Waals surface area contributed by atoms with Crippen LogP contribution in [0.4, 0.5) is 4.79 Å². The molecule has 2 atom stereocenters. The minimum atomic E-state index is -0.522. The molecule has 1 aromatic carbocycles. The maximum absolute atomic E-state index is 12.2. The zero-order valence-corrected chi connectivity index (χ0v) is 18.8. The predicted molar refractivity (Wildman–Crippen MR) is 119 cm³/mol. The number of ether oxygens (including phenoxy) is 2. The number of nitrogens with one attached hydrogen (secondary N) is 2. The zero-order chi connectivity index (χ0) is 22.0. The number of rotatable bonds is 10. The molecular formula is C24H35N3O3. The molecule has 0 saturated heterocycles. The number of carbonyl (C=O) groups excluding carboxylic acids is 1. The number of alkyl carbamates (subject to hydrolysis) is 1. The Bertz CT molecular complexity index is 762. The van der Waals surface area contributed by atoms with Gasteiger partial charge in [-0.2, -0.15) is 0 Å². The van der Waals surface area contributed by atoms with E-state index in [0.29, 0.717) is 19.7 Å². The van der Waals surface area contributed by atoms with Crippen LogP contribution in [0.5, 0.6) is 0 Å². The van der Waals surface area contributed by atoms with Gasteiger partial charge in [0.2, 0.25) is 0 Å². The molecule has 6 heteroatoms. The highest BCUT2D eigenvalue weighted by atomic mass is 16.6. The largest absolute Gasteiger partial charge is 0.444 e. The fourth-order valence-corrected chi connectivity index (χ4v) is 3.31. The first-order valence-electron chi connectivity index (χ1n) is 10.4. The number of amides is 1. The molecule has 6 nitrogen and oxygen atoms in total. The SMILES string of the molecule is COC[C@](C)(NC[C@@H](CNC(=O)OC(C)(C)C)Cc1cccnc1)c1ccccc1. The van der Waals surface area contributed by atoms with Crippen molar-refractivity contribution < 1.29 is 14.3 Å². The van der Waals surface area contributed by atoms with Crippen LogP contribution in [0, 0.1) is 5.92 Å². The van der Waals surface area contributed by atoms with E-state index in [1.165, 1.54) is 0 Å². The molecule has 0 radical (unpaired) electrons. The van der Waals surface area contributed by atoms with Gasteiger partial charge in [0.15, 0.2) is 0 Å². The predicted octanol–water partition coefficient (Wildman–Crippen LogP) is 3.92. The Labute approximate surface area is 180 Å². The lowest BCUT2D eigenvalue weighted by Gasteiger charge is -2.33. The topological polar surface area (TPSA) is 72.5 Å². The van der Waals surface area contributed by atoms with Crippen LogP contribution in [0.15, 0.2) is 54.9 Å². The fourth-order valence-electron chi connectivity index (χ4n) is 3.31. The number of methoxy groups -OCH3 is 1. The smallest absolute Gasteiger partial charge is 0.407 e. The third kappa shape index (κ3) is 8.13. The molecule has 1 amide bonds. The molecule has 30 heavy (non-hydrogen) atoms. The second-order valence-corrected chi connectivity index (χ2v) is 8.83. The van der Waals surface area contributed by atoms with Crippen LogP contribution in [0.3, 0.4) is 0 Å². The average molecular weight is 414 g/mol. The van der Waals surface area contributed by atoms with Crippen LogP contribution >= 0.6 is 0 Å². The third-order valence-corrected chi connectivity index (χ3v) is 4.81. The lowest BCUT2D eigenvalue weighted by atomic mass is 9.91. The van der Waals surface area contributed by atoms with Crippen molar-refractivity contribution in [2.75, 3.05) is 26.8 Å². The van der Waals surface area contributed by atoms with Gasteiger partial charge >= 0.3 is 6.09 Å². The van der Waals surface area contributed by atoms with E-state index >= 15 is 0 Å². The minimum Gasteiger partial charge on any atom is -0.444 e. The molecule has 0 aliphatic heterocycles. The summed E-state index contributed by atoms with van der Waals surface area (Å²) in [6, 6.07) is 14.2. The Kier molecular flexibility index (Phi) is 8.81. The Balaban J connectivity index is 2.08. The second-order valence-electron chi connectivity index (χ2n) is 8.83. The van der Waals surface area contributed by atoms with Crippen LogP contribution in [-0.4, -0.2) is 43.5 Å². The number of carbonyl (C=O) groups is 1. The van der Waals surface area contributed by atoms with E-state index in [0.717, 1.165) is 17.5 Å². The molecule has 1 heterocycles. The van der Waals surface area contributed by atoms with Crippen molar-refractivity contribution in [2.24, 2.45) is 5.92 Å². The molecular weight excluding hydrogens is 378 g/mol. The van der Waals surface area contributed by atoms with Gasteiger partial charge in [0.1, 0.15) is 5.60 Å². The number of nitrogens with zero attached hydrogens (tertiary/aromatic N) is 1. The lowest BCUT2D eigenvalue weighted by Crippen LogP contribution is -2.47. The Morgan fingerprint density at radius 1 is 1.07 bits per heavy atom. The first kappa shape index (κ1) is 23.8. The number of hydrogen-bond donors (Lipinski definition) is 2. The molecule has 0 unspecified atom stereocenters. The van der Waals surface area contributed by atoms with Crippen LogP contribution in [0.25, 0.3) is 0 Å². The molecule has 2 rings (SSSR count). The first-order chi connectivity index (χ1) is 14.2. The van der Waals surface area contributed by atoms with Crippen LogP contribution in [0.2, 0.25) is 0 Å². The summed E-state index contributed by atoms with van der Waals surface area (Å²) in [6.07, 6.45) is 4.02. The Morgan fingerprint density at radius 2 is 1.80 bits per heavy atom. The van der Waals surface area contributed by atoms with Crippen molar-refractivity contribution in [3.63, 3.8) is 0 Å². The molecule has 0 spiro atoms. The van der Waals surface area contributed by atoms with Gasteiger partial charge in [0.05, 0.1) is 12.1 Å². The highest BCUT2D eigenvalue weighted by molar-refractivity contribution is 5.67. The van der Waals surface area contributed by atoms with Gasteiger partial charge in [-0.3, -0.25) is 4.98 Å². The van der Waals surface area contributed by atoms with Gasteiger partial charge in [-0.1, -0.05) is 36.4 Å². The van der Waals surface area contributed by atoms with E-state index in [1.807, 2.05) is 51.2 Å². The van der Waals surface area contributed by atoms with E-state index in [4.69, 9.17) is 9.47 Å².